The first-order chi connectivity index (χ1) is 32.0. The van der Waals surface area contributed by atoms with Crippen molar-refractivity contribution >= 4 is 13.7 Å². The van der Waals surface area contributed by atoms with Gasteiger partial charge in [0, 0.05) is 6.42 Å². The minimum absolute atomic E-state index is 0.0627. The number of hydrogen-bond donors (Lipinski definition) is 3. The number of aliphatic hydroxyl groups is 1. The highest BCUT2D eigenvalue weighted by atomic mass is 31.2. The molecule has 8 nitrogen and oxygen atoms in total. The number of rotatable bonds is 52. The number of carbonyl (C=O) groups is 1. The first-order valence-corrected chi connectivity index (χ1v) is 29.9. The van der Waals surface area contributed by atoms with Gasteiger partial charge in [-0.3, -0.25) is 13.8 Å². The molecule has 0 aromatic rings. The van der Waals surface area contributed by atoms with Crippen molar-refractivity contribution in [2.24, 2.45) is 0 Å². The van der Waals surface area contributed by atoms with Gasteiger partial charge >= 0.3 is 7.82 Å². The van der Waals surface area contributed by atoms with Crippen molar-refractivity contribution in [1.82, 2.24) is 5.32 Å². The first kappa shape index (κ1) is 64.7. The number of amides is 1. The Morgan fingerprint density at radius 1 is 0.515 bits per heavy atom. The van der Waals surface area contributed by atoms with Crippen LogP contribution in [-0.2, 0) is 18.4 Å². The van der Waals surface area contributed by atoms with Crippen LogP contribution >= 0.6 is 7.82 Å². The molecule has 0 spiro atoms. The van der Waals surface area contributed by atoms with E-state index in [0.717, 1.165) is 44.9 Å². The number of phosphoric ester groups is 1. The van der Waals surface area contributed by atoms with Gasteiger partial charge in [0.25, 0.3) is 0 Å². The average molecular weight is 953 g/mol. The molecule has 0 radical (unpaired) electrons. The SMILES string of the molecule is CCCCCCC/C=C\C/C=C\CCCCCCCCCCCCCCCCCCCCCCCCCCCC(=O)NC(COP(=O)(O)OCC[N+](C)(C)C)C(O)/C=C/CCCCCCC. The predicted molar refractivity (Wildman–Crippen MR) is 286 cm³/mol. The largest absolute Gasteiger partial charge is 0.472 e. The highest BCUT2D eigenvalue weighted by molar-refractivity contribution is 7.47. The quantitative estimate of drug-likeness (QED) is 0.0243. The maximum atomic E-state index is 12.9. The normalized spacial score (nSPS) is 14.2. The van der Waals surface area contributed by atoms with Crippen molar-refractivity contribution in [2.75, 3.05) is 40.9 Å². The molecule has 0 bridgehead atoms. The van der Waals surface area contributed by atoms with Gasteiger partial charge in [-0.2, -0.15) is 0 Å². The second-order valence-corrected chi connectivity index (χ2v) is 22.1. The fourth-order valence-corrected chi connectivity index (χ4v) is 9.10. The molecule has 0 aliphatic rings. The Balaban J connectivity index is 3.76. The van der Waals surface area contributed by atoms with Crippen molar-refractivity contribution in [1.29, 1.82) is 0 Å². The molecule has 1 amide bonds. The lowest BCUT2D eigenvalue weighted by Gasteiger charge is -2.25. The number of nitrogens with zero attached hydrogens (tertiary/aromatic N) is 1. The van der Waals surface area contributed by atoms with E-state index in [1.807, 2.05) is 27.2 Å². The number of quaternary nitrogens is 1. The van der Waals surface area contributed by atoms with Crippen LogP contribution in [0.4, 0.5) is 0 Å². The van der Waals surface area contributed by atoms with Gasteiger partial charge in [0.15, 0.2) is 0 Å². The van der Waals surface area contributed by atoms with E-state index in [1.54, 1.807) is 6.08 Å². The number of unbranched alkanes of at least 4 members (excludes halogenated alkanes) is 35. The molecule has 3 atom stereocenters. The molecule has 0 aromatic heterocycles. The second kappa shape index (κ2) is 48.7. The summed E-state index contributed by atoms with van der Waals surface area (Å²) in [5, 5.41) is 13.7. The molecule has 0 saturated carbocycles. The van der Waals surface area contributed by atoms with Gasteiger partial charge in [-0.25, -0.2) is 4.57 Å². The van der Waals surface area contributed by atoms with Crippen molar-refractivity contribution in [2.45, 2.75) is 283 Å². The maximum absolute atomic E-state index is 12.9. The van der Waals surface area contributed by atoms with Crippen LogP contribution in [0.5, 0.6) is 0 Å². The molecule has 390 valence electrons. The second-order valence-electron chi connectivity index (χ2n) is 20.7. The molecule has 0 aromatic carbocycles. The first-order valence-electron chi connectivity index (χ1n) is 28.4. The summed E-state index contributed by atoms with van der Waals surface area (Å²) in [6.45, 7) is 4.76. The molecule has 0 aliphatic heterocycles. The van der Waals surface area contributed by atoms with E-state index in [-0.39, 0.29) is 19.1 Å². The van der Waals surface area contributed by atoms with E-state index in [0.29, 0.717) is 17.4 Å². The van der Waals surface area contributed by atoms with Gasteiger partial charge < -0.3 is 19.8 Å². The highest BCUT2D eigenvalue weighted by Gasteiger charge is 2.27. The molecule has 3 N–H and O–H groups in total. The van der Waals surface area contributed by atoms with Gasteiger partial charge in [-0.15, -0.1) is 0 Å². The third kappa shape index (κ3) is 50.6. The smallest absolute Gasteiger partial charge is 0.387 e. The molecule has 9 heteroatoms. The number of aliphatic hydroxyl groups excluding tert-OH is 1. The Bertz CT molecular complexity index is 1170. The number of carbonyl (C=O) groups excluding carboxylic acids is 1. The predicted octanol–water partition coefficient (Wildman–Crippen LogP) is 17.0. The van der Waals surface area contributed by atoms with Crippen LogP contribution in [0.1, 0.15) is 271 Å². The summed E-state index contributed by atoms with van der Waals surface area (Å²) in [6, 6.07) is -0.841. The summed E-state index contributed by atoms with van der Waals surface area (Å²) < 4.78 is 23.5. The van der Waals surface area contributed by atoms with E-state index in [4.69, 9.17) is 9.05 Å². The third-order valence-electron chi connectivity index (χ3n) is 12.9. The van der Waals surface area contributed by atoms with Crippen molar-refractivity contribution in [3.05, 3.63) is 36.5 Å². The summed E-state index contributed by atoms with van der Waals surface area (Å²) in [5.74, 6) is -0.177. The maximum Gasteiger partial charge on any atom is 0.472 e. The Kier molecular flexibility index (Phi) is 47.8. The van der Waals surface area contributed by atoms with Crippen LogP contribution in [0.2, 0.25) is 0 Å². The third-order valence-corrected chi connectivity index (χ3v) is 13.8. The molecule has 66 heavy (non-hydrogen) atoms. The minimum Gasteiger partial charge on any atom is -0.387 e. The average Bonchev–Trinajstić information content (AvgIpc) is 3.28. The number of phosphoric acid groups is 1. The molecule has 0 fully saturated rings. The number of hydrogen-bond acceptors (Lipinski definition) is 5. The van der Waals surface area contributed by atoms with Gasteiger partial charge in [0.1, 0.15) is 13.2 Å². The number of allylic oxidation sites excluding steroid dienone is 5. The van der Waals surface area contributed by atoms with E-state index in [9.17, 15) is 19.4 Å². The van der Waals surface area contributed by atoms with Gasteiger partial charge in [-0.1, -0.05) is 249 Å². The van der Waals surface area contributed by atoms with E-state index in [2.05, 4.69) is 43.5 Å². The zero-order valence-corrected chi connectivity index (χ0v) is 45.3. The van der Waals surface area contributed by atoms with Crippen LogP contribution in [-0.4, -0.2) is 73.4 Å². The van der Waals surface area contributed by atoms with Crippen molar-refractivity contribution < 1.29 is 32.9 Å². The van der Waals surface area contributed by atoms with E-state index >= 15 is 0 Å². The summed E-state index contributed by atoms with van der Waals surface area (Å²) in [6.07, 6.45) is 63.0. The van der Waals surface area contributed by atoms with Gasteiger partial charge in [-0.05, 0) is 51.4 Å². The lowest BCUT2D eigenvalue weighted by Crippen LogP contribution is -2.45. The van der Waals surface area contributed by atoms with Gasteiger partial charge in [0.05, 0.1) is 39.9 Å². The molecular formula is C57H112N2O6P+. The summed E-state index contributed by atoms with van der Waals surface area (Å²) in [4.78, 5) is 23.1. The monoisotopic (exact) mass is 952 g/mol. The summed E-state index contributed by atoms with van der Waals surface area (Å²) >= 11 is 0. The summed E-state index contributed by atoms with van der Waals surface area (Å²) in [7, 11) is 1.58. The van der Waals surface area contributed by atoms with Gasteiger partial charge in [0.2, 0.25) is 5.91 Å². The molecule has 0 heterocycles. The fourth-order valence-electron chi connectivity index (χ4n) is 8.37. The van der Waals surface area contributed by atoms with E-state index < -0.39 is 20.0 Å². The topological polar surface area (TPSA) is 105 Å². The Morgan fingerprint density at radius 2 is 0.864 bits per heavy atom. The zero-order valence-electron chi connectivity index (χ0n) is 44.4. The van der Waals surface area contributed by atoms with Crippen LogP contribution in [0.15, 0.2) is 36.5 Å². The minimum atomic E-state index is -4.33. The van der Waals surface area contributed by atoms with Crippen molar-refractivity contribution in [3.8, 4) is 0 Å². The highest BCUT2D eigenvalue weighted by Crippen LogP contribution is 2.43. The zero-order chi connectivity index (χ0) is 48.5. The summed E-state index contributed by atoms with van der Waals surface area (Å²) in [5.41, 5.74) is 0. The van der Waals surface area contributed by atoms with Crippen LogP contribution < -0.4 is 5.32 Å². The lowest BCUT2D eigenvalue weighted by atomic mass is 10.0. The standard InChI is InChI=1S/C57H111N2O6P/c1-6-8-10-12-14-15-16-17-18-19-20-21-22-23-24-25-26-27-28-29-30-31-32-33-34-35-36-37-38-39-40-41-42-43-45-47-49-51-57(61)58-55(56(60)50-48-46-44-13-11-9-7-2)54-65-66(62,63)64-53-52-59(3,4)5/h16-17,19-20,48,50,55-56,60H,6-15,18,21-47,49,51-54H2,1-5H3,(H-,58,61,62,63)/p+1/b17-16-,20-19-,50-48+. The van der Waals surface area contributed by atoms with Crippen LogP contribution in [0, 0.1) is 0 Å². The molecule has 0 rings (SSSR count). The molecule has 3 unspecified atom stereocenters. The van der Waals surface area contributed by atoms with Crippen LogP contribution in [0.25, 0.3) is 0 Å². The Labute approximate surface area is 410 Å². The molecule has 0 saturated heterocycles. The van der Waals surface area contributed by atoms with Crippen LogP contribution in [0.3, 0.4) is 0 Å². The fraction of sp³-hybridized carbons (Fsp3) is 0.877. The Hall–Kier alpha value is -1.28. The molecule has 0 aliphatic carbocycles. The number of nitrogens with one attached hydrogen (secondary N) is 1. The molecular weight excluding hydrogens is 840 g/mol. The Morgan fingerprint density at radius 3 is 1.24 bits per heavy atom. The van der Waals surface area contributed by atoms with Crippen molar-refractivity contribution in [3.63, 3.8) is 0 Å². The number of likely N-dealkylation sites (N-methyl/N-ethyl adjacent to an activating group) is 1. The van der Waals surface area contributed by atoms with E-state index in [1.165, 1.54) is 205 Å². The lowest BCUT2D eigenvalue weighted by molar-refractivity contribution is -0.870.